The molecule has 1 unspecified atom stereocenters. The summed E-state index contributed by atoms with van der Waals surface area (Å²) in [7, 11) is 0. The fraction of sp³-hybridized carbons (Fsp3) is 0.643. The lowest BCUT2D eigenvalue weighted by molar-refractivity contribution is -0.131. The van der Waals surface area contributed by atoms with Crippen molar-refractivity contribution in [1.82, 2.24) is 9.69 Å². The van der Waals surface area contributed by atoms with Crippen molar-refractivity contribution < 1.29 is 14.3 Å². The zero-order valence-corrected chi connectivity index (χ0v) is 14.6. The molecule has 0 spiro atoms. The van der Waals surface area contributed by atoms with Crippen LogP contribution in [0.5, 0.6) is 0 Å². The van der Waals surface area contributed by atoms with Crippen LogP contribution in [0.2, 0.25) is 9.36 Å². The molecule has 1 saturated carbocycles. The molecule has 0 radical (unpaired) electrons. The molecule has 0 bridgehead atoms. The van der Waals surface area contributed by atoms with Crippen molar-refractivity contribution in [2.45, 2.75) is 57.6 Å². The van der Waals surface area contributed by atoms with Crippen LogP contribution in [0.25, 0.3) is 0 Å². The SMILES string of the molecule is CCC(OC(=O)c1nsc(Cl)c1Cl)C(=O)NC1CCCCC1. The second-order valence-electron chi connectivity index (χ2n) is 5.26. The van der Waals surface area contributed by atoms with E-state index in [9.17, 15) is 9.59 Å². The van der Waals surface area contributed by atoms with Gasteiger partial charge < -0.3 is 10.1 Å². The number of carbonyl (C=O) groups is 2. The number of nitrogens with one attached hydrogen (secondary N) is 1. The van der Waals surface area contributed by atoms with Crippen molar-refractivity contribution in [3.05, 3.63) is 15.1 Å². The molecular weight excluding hydrogens is 347 g/mol. The van der Waals surface area contributed by atoms with Crippen LogP contribution < -0.4 is 5.32 Å². The predicted octanol–water partition coefficient (Wildman–Crippen LogP) is 3.83. The highest BCUT2D eigenvalue weighted by Gasteiger charge is 2.27. The molecule has 1 fully saturated rings. The second-order valence-corrected chi connectivity index (χ2v) is 7.02. The lowest BCUT2D eigenvalue weighted by atomic mass is 9.95. The fourth-order valence-corrected chi connectivity index (χ4v) is 3.41. The number of halogens is 2. The first-order chi connectivity index (χ1) is 10.5. The van der Waals surface area contributed by atoms with Crippen LogP contribution in [-0.2, 0) is 9.53 Å². The molecule has 1 aromatic heterocycles. The first-order valence-corrected chi connectivity index (χ1v) is 8.87. The van der Waals surface area contributed by atoms with Gasteiger partial charge in [-0.3, -0.25) is 4.79 Å². The first-order valence-electron chi connectivity index (χ1n) is 7.35. The summed E-state index contributed by atoms with van der Waals surface area (Å²) in [5, 5.41) is 3.02. The molecule has 1 amide bonds. The van der Waals surface area contributed by atoms with Gasteiger partial charge in [0.05, 0.1) is 0 Å². The summed E-state index contributed by atoms with van der Waals surface area (Å²) in [6, 6.07) is 0.173. The van der Waals surface area contributed by atoms with Crippen molar-refractivity contribution >= 4 is 46.6 Å². The van der Waals surface area contributed by atoms with Gasteiger partial charge in [-0.15, -0.1) is 0 Å². The fourth-order valence-electron chi connectivity index (χ4n) is 2.43. The number of carbonyl (C=O) groups excluding carboxylic acids is 2. The van der Waals surface area contributed by atoms with Crippen LogP contribution >= 0.6 is 34.7 Å². The maximum atomic E-state index is 12.2. The maximum Gasteiger partial charge on any atom is 0.360 e. The molecule has 122 valence electrons. The third-order valence-corrected chi connectivity index (χ3v) is 5.27. The van der Waals surface area contributed by atoms with Crippen molar-refractivity contribution in [3.8, 4) is 0 Å². The molecule has 1 atom stereocenters. The van der Waals surface area contributed by atoms with Gasteiger partial charge in [-0.05, 0) is 30.8 Å². The highest BCUT2D eigenvalue weighted by molar-refractivity contribution is 7.11. The Morgan fingerprint density at radius 2 is 2.05 bits per heavy atom. The minimum atomic E-state index is -0.842. The summed E-state index contributed by atoms with van der Waals surface area (Å²) in [5.74, 6) is -0.987. The van der Waals surface area contributed by atoms with Crippen molar-refractivity contribution in [3.63, 3.8) is 0 Å². The van der Waals surface area contributed by atoms with E-state index in [1.165, 1.54) is 6.42 Å². The number of rotatable bonds is 5. The van der Waals surface area contributed by atoms with E-state index >= 15 is 0 Å². The summed E-state index contributed by atoms with van der Waals surface area (Å²) in [6.07, 6.45) is 4.95. The van der Waals surface area contributed by atoms with Gasteiger partial charge in [0.25, 0.3) is 5.91 Å². The zero-order chi connectivity index (χ0) is 16.1. The third kappa shape index (κ3) is 4.33. The predicted molar refractivity (Wildman–Crippen MR) is 86.6 cm³/mol. The molecule has 1 heterocycles. The molecular formula is C14H18Cl2N2O3S. The van der Waals surface area contributed by atoms with Crippen molar-refractivity contribution in [2.75, 3.05) is 0 Å². The molecule has 1 aliphatic carbocycles. The molecule has 22 heavy (non-hydrogen) atoms. The standard InChI is InChI=1S/C14H18Cl2N2O3S/c1-2-9(13(19)17-8-6-4-3-5-7-8)21-14(20)11-10(15)12(16)22-18-11/h8-9H,2-7H2,1H3,(H,17,19). The Kier molecular flexibility index (Phi) is 6.47. The molecule has 1 N–H and O–H groups in total. The number of hydrogen-bond acceptors (Lipinski definition) is 5. The van der Waals surface area contributed by atoms with Gasteiger partial charge in [-0.1, -0.05) is 49.4 Å². The number of hydrogen-bond donors (Lipinski definition) is 1. The van der Waals surface area contributed by atoms with Crippen LogP contribution in [-0.4, -0.2) is 28.4 Å². The summed E-state index contributed by atoms with van der Waals surface area (Å²) >= 11 is 12.6. The van der Waals surface area contributed by atoms with E-state index in [4.69, 9.17) is 27.9 Å². The lowest BCUT2D eigenvalue weighted by Crippen LogP contribution is -2.43. The van der Waals surface area contributed by atoms with Gasteiger partial charge in [-0.2, -0.15) is 4.37 Å². The molecule has 5 nitrogen and oxygen atoms in total. The average Bonchev–Trinajstić information content (AvgIpc) is 2.85. The number of amides is 1. The molecule has 0 aliphatic heterocycles. The number of aromatic nitrogens is 1. The van der Waals surface area contributed by atoms with Crippen LogP contribution in [0.1, 0.15) is 55.9 Å². The van der Waals surface area contributed by atoms with Crippen LogP contribution in [0.4, 0.5) is 0 Å². The van der Waals surface area contributed by atoms with E-state index in [2.05, 4.69) is 9.69 Å². The van der Waals surface area contributed by atoms with Gasteiger partial charge in [-0.25, -0.2) is 4.79 Å². The van der Waals surface area contributed by atoms with E-state index in [0.29, 0.717) is 6.42 Å². The lowest BCUT2D eigenvalue weighted by Gasteiger charge is -2.25. The number of ether oxygens (including phenoxy) is 1. The Labute approximate surface area is 143 Å². The first kappa shape index (κ1) is 17.5. The highest BCUT2D eigenvalue weighted by atomic mass is 35.5. The largest absolute Gasteiger partial charge is 0.447 e. The minimum absolute atomic E-state index is 0.0411. The Hall–Kier alpha value is -0.850. The van der Waals surface area contributed by atoms with Crippen LogP contribution in [0.15, 0.2) is 0 Å². The van der Waals surface area contributed by atoms with E-state index in [1.54, 1.807) is 6.92 Å². The number of nitrogens with zero attached hydrogens (tertiary/aromatic N) is 1. The van der Waals surface area contributed by atoms with Gasteiger partial charge >= 0.3 is 5.97 Å². The van der Waals surface area contributed by atoms with E-state index in [-0.39, 0.29) is 27.0 Å². The van der Waals surface area contributed by atoms with E-state index in [1.807, 2.05) is 0 Å². The van der Waals surface area contributed by atoms with Crippen molar-refractivity contribution in [1.29, 1.82) is 0 Å². The Morgan fingerprint density at radius 1 is 1.36 bits per heavy atom. The van der Waals surface area contributed by atoms with Crippen molar-refractivity contribution in [2.24, 2.45) is 0 Å². The van der Waals surface area contributed by atoms with Gasteiger partial charge in [0.2, 0.25) is 0 Å². The Balaban J connectivity index is 1.94. The second kappa shape index (κ2) is 8.13. The summed E-state index contributed by atoms with van der Waals surface area (Å²) in [5.41, 5.74) is -0.0411. The summed E-state index contributed by atoms with van der Waals surface area (Å²) in [6.45, 7) is 1.79. The smallest absolute Gasteiger partial charge is 0.360 e. The molecule has 1 aromatic rings. The minimum Gasteiger partial charge on any atom is -0.447 e. The quantitative estimate of drug-likeness (QED) is 0.805. The number of esters is 1. The van der Waals surface area contributed by atoms with Crippen LogP contribution in [0.3, 0.4) is 0 Å². The molecule has 0 aromatic carbocycles. The Morgan fingerprint density at radius 3 is 2.59 bits per heavy atom. The molecule has 2 rings (SSSR count). The monoisotopic (exact) mass is 364 g/mol. The van der Waals surface area contributed by atoms with Gasteiger partial charge in [0.15, 0.2) is 11.8 Å². The highest BCUT2D eigenvalue weighted by Crippen LogP contribution is 2.30. The molecule has 1 aliphatic rings. The molecule has 8 heteroatoms. The van der Waals surface area contributed by atoms with E-state index in [0.717, 1.165) is 37.2 Å². The zero-order valence-electron chi connectivity index (χ0n) is 12.2. The van der Waals surface area contributed by atoms with Crippen LogP contribution in [0, 0.1) is 0 Å². The summed E-state index contributed by atoms with van der Waals surface area (Å²) < 4.78 is 9.31. The topological polar surface area (TPSA) is 68.3 Å². The molecule has 0 saturated heterocycles. The Bertz CT molecular complexity index is 544. The van der Waals surface area contributed by atoms with E-state index < -0.39 is 12.1 Å². The average molecular weight is 365 g/mol. The maximum absolute atomic E-state index is 12.2. The van der Waals surface area contributed by atoms with Gasteiger partial charge in [0, 0.05) is 6.04 Å². The normalized spacial score (nSPS) is 17.0. The van der Waals surface area contributed by atoms with Gasteiger partial charge in [0.1, 0.15) is 9.36 Å². The summed E-state index contributed by atoms with van der Waals surface area (Å²) in [4.78, 5) is 24.3. The third-order valence-electron chi connectivity index (χ3n) is 3.65.